The van der Waals surface area contributed by atoms with Crippen LogP contribution in [0.25, 0.3) is 6.08 Å². The molecule has 0 amide bonds. The lowest BCUT2D eigenvalue weighted by molar-refractivity contribution is -0.148. The third-order valence-corrected chi connectivity index (χ3v) is 1.89. The zero-order valence-electron chi connectivity index (χ0n) is 11.2. The summed E-state index contributed by atoms with van der Waals surface area (Å²) in [7, 11) is 0. The summed E-state index contributed by atoms with van der Waals surface area (Å²) in [5, 5.41) is 4.12. The average molecular weight is 246 g/mol. The van der Waals surface area contributed by atoms with Crippen molar-refractivity contribution in [2.45, 2.75) is 39.8 Å². The fourth-order valence-corrected chi connectivity index (χ4v) is 1.21. The summed E-state index contributed by atoms with van der Waals surface area (Å²) in [5.74, 6) is 5.35. The number of nitrogens with zero attached hydrogens (tertiary/aromatic N) is 2. The van der Waals surface area contributed by atoms with Crippen molar-refractivity contribution >= 4 is 12.0 Å². The number of esters is 1. The van der Waals surface area contributed by atoms with Crippen molar-refractivity contribution in [1.29, 1.82) is 0 Å². The number of ether oxygens (including phenoxy) is 1. The molecule has 96 valence electrons. The first-order valence-electron chi connectivity index (χ1n) is 5.74. The fraction of sp³-hybridized carbons (Fsp3) is 0.429. The van der Waals surface area contributed by atoms with Crippen molar-refractivity contribution < 1.29 is 9.53 Å². The van der Waals surface area contributed by atoms with Crippen molar-refractivity contribution in [2.75, 3.05) is 0 Å². The number of carbonyl (C=O) groups excluding carboxylic acids is 1. The van der Waals surface area contributed by atoms with E-state index in [4.69, 9.17) is 4.74 Å². The number of carbonyl (C=O) groups is 1. The minimum Gasteiger partial charge on any atom is -0.457 e. The third kappa shape index (κ3) is 5.35. The van der Waals surface area contributed by atoms with E-state index < -0.39 is 5.60 Å². The number of hydrogen-bond acceptors (Lipinski definition) is 3. The molecule has 18 heavy (non-hydrogen) atoms. The van der Waals surface area contributed by atoms with Gasteiger partial charge in [0.2, 0.25) is 0 Å². The van der Waals surface area contributed by atoms with Crippen LogP contribution in [0.2, 0.25) is 0 Å². The van der Waals surface area contributed by atoms with Crippen LogP contribution < -0.4 is 0 Å². The van der Waals surface area contributed by atoms with Gasteiger partial charge in [-0.25, -0.2) is 4.79 Å². The second-order valence-electron chi connectivity index (χ2n) is 4.76. The van der Waals surface area contributed by atoms with Crippen molar-refractivity contribution in [2.24, 2.45) is 0 Å². The van der Waals surface area contributed by atoms with Crippen molar-refractivity contribution in [3.63, 3.8) is 0 Å². The molecule has 0 spiro atoms. The Morgan fingerprint density at radius 2 is 2.28 bits per heavy atom. The first-order chi connectivity index (χ1) is 8.40. The zero-order chi connectivity index (χ0) is 13.6. The van der Waals surface area contributed by atoms with E-state index in [0.29, 0.717) is 6.54 Å². The third-order valence-electron chi connectivity index (χ3n) is 1.89. The molecule has 0 aliphatic carbocycles. The second kappa shape index (κ2) is 6.06. The fourth-order valence-electron chi connectivity index (χ4n) is 1.21. The van der Waals surface area contributed by atoms with Gasteiger partial charge in [0.25, 0.3) is 0 Å². The van der Waals surface area contributed by atoms with E-state index in [2.05, 4.69) is 16.9 Å². The quantitative estimate of drug-likeness (QED) is 0.467. The highest BCUT2D eigenvalue weighted by atomic mass is 16.6. The van der Waals surface area contributed by atoms with Crippen LogP contribution in [0.3, 0.4) is 0 Å². The van der Waals surface area contributed by atoms with Gasteiger partial charge in [-0.3, -0.25) is 4.68 Å². The Morgan fingerprint density at radius 1 is 1.56 bits per heavy atom. The maximum Gasteiger partial charge on any atom is 0.331 e. The molecule has 1 rings (SSSR count). The molecule has 0 aliphatic rings. The molecule has 0 unspecified atom stereocenters. The van der Waals surface area contributed by atoms with E-state index in [1.807, 2.05) is 27.0 Å². The Hall–Kier alpha value is -2.02. The lowest BCUT2D eigenvalue weighted by Crippen LogP contribution is -2.22. The van der Waals surface area contributed by atoms with Crippen LogP contribution in [0.5, 0.6) is 0 Å². The van der Waals surface area contributed by atoms with Crippen LogP contribution in [-0.2, 0) is 16.1 Å². The van der Waals surface area contributed by atoms with Gasteiger partial charge in [-0.1, -0.05) is 5.92 Å². The zero-order valence-corrected chi connectivity index (χ0v) is 11.2. The Bertz CT molecular complexity index is 496. The van der Waals surface area contributed by atoms with Crippen molar-refractivity contribution in [1.82, 2.24) is 9.78 Å². The predicted octanol–water partition coefficient (Wildman–Crippen LogP) is 2.26. The Balaban J connectivity index is 2.58. The standard InChI is InChI=1S/C14H18N2O2/c1-5-6-9-16-11-12(10-15-16)7-8-13(17)18-14(2,3)4/h7-8,10-11H,9H2,1-4H3/b8-7+. The Morgan fingerprint density at radius 3 is 2.89 bits per heavy atom. The van der Waals surface area contributed by atoms with E-state index in [0.717, 1.165) is 5.56 Å². The number of hydrogen-bond donors (Lipinski definition) is 0. The number of aromatic nitrogens is 2. The molecule has 0 aromatic carbocycles. The Kier molecular flexibility index (Phi) is 4.73. The molecule has 0 radical (unpaired) electrons. The molecule has 0 saturated carbocycles. The molecule has 4 heteroatoms. The summed E-state index contributed by atoms with van der Waals surface area (Å²) < 4.78 is 6.87. The van der Waals surface area contributed by atoms with E-state index in [9.17, 15) is 4.79 Å². The molecular formula is C14H18N2O2. The highest BCUT2D eigenvalue weighted by Crippen LogP contribution is 2.08. The minimum atomic E-state index is -0.470. The molecule has 0 N–H and O–H groups in total. The first kappa shape index (κ1) is 14.0. The van der Waals surface area contributed by atoms with Gasteiger partial charge in [0.15, 0.2) is 0 Å². The minimum absolute atomic E-state index is 0.358. The van der Waals surface area contributed by atoms with E-state index in [1.54, 1.807) is 23.9 Å². The van der Waals surface area contributed by atoms with Crippen molar-refractivity contribution in [3.05, 3.63) is 24.0 Å². The lowest BCUT2D eigenvalue weighted by Gasteiger charge is -2.17. The monoisotopic (exact) mass is 246 g/mol. The molecule has 0 aliphatic heterocycles. The molecule has 0 atom stereocenters. The normalized spacial score (nSPS) is 11.1. The first-order valence-corrected chi connectivity index (χ1v) is 5.74. The predicted molar refractivity (Wildman–Crippen MR) is 70.6 cm³/mol. The summed E-state index contributed by atoms with van der Waals surface area (Å²) in [6, 6.07) is 0. The summed E-state index contributed by atoms with van der Waals surface area (Å²) in [6.45, 7) is 7.84. The molecule has 0 saturated heterocycles. The second-order valence-corrected chi connectivity index (χ2v) is 4.76. The van der Waals surface area contributed by atoms with E-state index in [-0.39, 0.29) is 5.97 Å². The van der Waals surface area contributed by atoms with Gasteiger partial charge in [0.05, 0.1) is 6.20 Å². The molecule has 0 bridgehead atoms. The molecule has 1 heterocycles. The number of rotatable bonds is 3. The molecule has 1 aromatic rings. The lowest BCUT2D eigenvalue weighted by atomic mass is 10.2. The highest BCUT2D eigenvalue weighted by molar-refractivity contribution is 5.87. The van der Waals surface area contributed by atoms with Crippen LogP contribution in [0.4, 0.5) is 0 Å². The van der Waals surface area contributed by atoms with Crippen LogP contribution >= 0.6 is 0 Å². The molecule has 1 aromatic heterocycles. The van der Waals surface area contributed by atoms with E-state index >= 15 is 0 Å². The van der Waals surface area contributed by atoms with Gasteiger partial charge >= 0.3 is 5.97 Å². The van der Waals surface area contributed by atoms with Gasteiger partial charge < -0.3 is 4.74 Å². The van der Waals surface area contributed by atoms with Crippen LogP contribution in [0.15, 0.2) is 18.5 Å². The maximum atomic E-state index is 11.5. The summed E-state index contributed by atoms with van der Waals surface area (Å²) in [4.78, 5) is 11.5. The summed E-state index contributed by atoms with van der Waals surface area (Å²) >= 11 is 0. The van der Waals surface area contributed by atoms with Gasteiger partial charge in [0, 0.05) is 17.8 Å². The molecule has 4 nitrogen and oxygen atoms in total. The summed E-state index contributed by atoms with van der Waals surface area (Å²) in [6.07, 6.45) is 6.58. The van der Waals surface area contributed by atoms with Gasteiger partial charge in [-0.15, -0.1) is 5.92 Å². The van der Waals surface area contributed by atoms with Crippen LogP contribution in [-0.4, -0.2) is 21.4 Å². The summed E-state index contributed by atoms with van der Waals surface area (Å²) in [5.41, 5.74) is 0.376. The van der Waals surface area contributed by atoms with Crippen LogP contribution in [0, 0.1) is 11.8 Å². The average Bonchev–Trinajstić information content (AvgIpc) is 2.69. The smallest absolute Gasteiger partial charge is 0.331 e. The highest BCUT2D eigenvalue weighted by Gasteiger charge is 2.13. The molecule has 0 fully saturated rings. The molecular weight excluding hydrogens is 228 g/mol. The maximum absolute atomic E-state index is 11.5. The Labute approximate surface area is 108 Å². The SMILES string of the molecule is CC#CCn1cc(/C=C/C(=O)OC(C)(C)C)cn1. The van der Waals surface area contributed by atoms with Gasteiger partial charge in [0.1, 0.15) is 12.1 Å². The van der Waals surface area contributed by atoms with E-state index in [1.165, 1.54) is 6.08 Å². The van der Waals surface area contributed by atoms with Gasteiger partial charge in [-0.2, -0.15) is 5.10 Å². The van der Waals surface area contributed by atoms with Crippen LogP contribution in [0.1, 0.15) is 33.3 Å². The van der Waals surface area contributed by atoms with Crippen molar-refractivity contribution in [3.8, 4) is 11.8 Å². The van der Waals surface area contributed by atoms with Gasteiger partial charge in [-0.05, 0) is 33.8 Å². The largest absolute Gasteiger partial charge is 0.457 e. The topological polar surface area (TPSA) is 44.1 Å².